The van der Waals surface area contributed by atoms with Gasteiger partial charge in [0.25, 0.3) is 0 Å². The maximum Gasteiger partial charge on any atom is 0.380 e. The van der Waals surface area contributed by atoms with Crippen molar-refractivity contribution in [2.75, 3.05) is 13.2 Å². The highest BCUT2D eigenvalue weighted by Crippen LogP contribution is 2.48. The molecule has 0 radical (unpaired) electrons. The van der Waals surface area contributed by atoms with Gasteiger partial charge in [0.2, 0.25) is 0 Å². The van der Waals surface area contributed by atoms with Crippen molar-refractivity contribution in [3.63, 3.8) is 0 Å². The summed E-state index contributed by atoms with van der Waals surface area (Å²) in [5.74, 6) is -17.9. The molecule has 0 aliphatic carbocycles. The molecule has 0 aliphatic heterocycles. The van der Waals surface area contributed by atoms with Crippen LogP contribution in [0.15, 0.2) is 0 Å². The molecule has 0 heterocycles. The third-order valence-corrected chi connectivity index (χ3v) is 5.69. The molecule has 164 valence electrons. The van der Waals surface area contributed by atoms with E-state index in [0.717, 1.165) is 38.5 Å². The molecule has 0 saturated heterocycles. The van der Waals surface area contributed by atoms with Crippen molar-refractivity contribution in [1.82, 2.24) is 0 Å². The van der Waals surface area contributed by atoms with Gasteiger partial charge >= 0.3 is 32.8 Å². The second kappa shape index (κ2) is 10.9. The molecule has 0 spiro atoms. The van der Waals surface area contributed by atoms with Crippen molar-refractivity contribution in [2.24, 2.45) is 0 Å². The van der Waals surface area contributed by atoms with E-state index >= 15 is 0 Å². The number of rotatable bonds is 15. The van der Waals surface area contributed by atoms with Crippen molar-refractivity contribution < 1.29 is 44.0 Å². The van der Waals surface area contributed by atoms with Crippen LogP contribution in [0.2, 0.25) is 13.1 Å². The van der Waals surface area contributed by atoms with Gasteiger partial charge < -0.3 is 8.85 Å². The number of hydrogen-bond acceptors (Lipinski definition) is 2. The average Bonchev–Trinajstić information content (AvgIpc) is 2.55. The molecular formula is C16H28F8O2Si. The lowest BCUT2D eigenvalue weighted by molar-refractivity contribution is -0.343. The van der Waals surface area contributed by atoms with Gasteiger partial charge in [-0.2, -0.15) is 26.3 Å². The summed E-state index contributed by atoms with van der Waals surface area (Å²) in [6, 6.07) is 0. The van der Waals surface area contributed by atoms with E-state index in [1.165, 1.54) is 13.1 Å². The normalized spacial score (nSPS) is 14.2. The van der Waals surface area contributed by atoms with Crippen LogP contribution in [-0.4, -0.2) is 46.0 Å². The highest BCUT2D eigenvalue weighted by molar-refractivity contribution is 6.64. The fraction of sp³-hybridized carbons (Fsp3) is 1.00. The summed E-state index contributed by atoms with van der Waals surface area (Å²) in [4.78, 5) is 0. The van der Waals surface area contributed by atoms with Gasteiger partial charge in [0.15, 0.2) is 0 Å². The molecule has 0 rings (SSSR count). The summed E-state index contributed by atoms with van der Waals surface area (Å²) < 4.78 is 113. The minimum absolute atomic E-state index is 0.155. The van der Waals surface area contributed by atoms with Crippen LogP contribution in [-0.2, 0) is 8.85 Å². The van der Waals surface area contributed by atoms with E-state index in [1.807, 2.05) is 0 Å². The summed E-state index contributed by atoms with van der Waals surface area (Å²) in [6.07, 6.45) is 1.93. The Morgan fingerprint density at radius 1 is 0.778 bits per heavy atom. The Morgan fingerprint density at radius 3 is 1.74 bits per heavy atom. The molecule has 11 heteroatoms. The Bertz CT molecular complexity index is 419. The maximum atomic E-state index is 13.5. The minimum Gasteiger partial charge on any atom is -0.395 e. The Balaban J connectivity index is 4.41. The molecule has 0 aromatic rings. The first-order chi connectivity index (χ1) is 12.2. The molecule has 0 atom stereocenters. The van der Waals surface area contributed by atoms with E-state index in [0.29, 0.717) is 6.42 Å². The zero-order valence-electron chi connectivity index (χ0n) is 15.8. The highest BCUT2D eigenvalue weighted by Gasteiger charge is 2.75. The first-order valence-electron chi connectivity index (χ1n) is 8.91. The van der Waals surface area contributed by atoms with Crippen LogP contribution in [0.1, 0.15) is 51.9 Å². The lowest BCUT2D eigenvalue weighted by atomic mass is 10.1. The van der Waals surface area contributed by atoms with E-state index in [9.17, 15) is 35.1 Å². The molecule has 0 aromatic heterocycles. The molecule has 27 heavy (non-hydrogen) atoms. The topological polar surface area (TPSA) is 18.5 Å². The van der Waals surface area contributed by atoms with Gasteiger partial charge in [0.05, 0.1) is 0 Å². The number of unbranched alkanes of at least 4 members (excludes halogenated alkanes) is 6. The van der Waals surface area contributed by atoms with Crippen LogP contribution in [0, 0.1) is 0 Å². The van der Waals surface area contributed by atoms with Crippen LogP contribution in [0.5, 0.6) is 0 Å². The van der Waals surface area contributed by atoms with Crippen LogP contribution in [0.3, 0.4) is 0 Å². The van der Waals surface area contributed by atoms with Crippen molar-refractivity contribution in [3.8, 4) is 0 Å². The van der Waals surface area contributed by atoms with Gasteiger partial charge in [-0.3, -0.25) is 0 Å². The monoisotopic (exact) mass is 432 g/mol. The molecule has 0 unspecified atom stereocenters. The van der Waals surface area contributed by atoms with Crippen molar-refractivity contribution >= 4 is 8.56 Å². The van der Waals surface area contributed by atoms with Crippen LogP contribution in [0.25, 0.3) is 0 Å². The summed E-state index contributed by atoms with van der Waals surface area (Å²) >= 11 is 0. The molecule has 0 amide bonds. The van der Waals surface area contributed by atoms with Gasteiger partial charge in [-0.1, -0.05) is 45.4 Å². The molecule has 0 bridgehead atoms. The van der Waals surface area contributed by atoms with Crippen LogP contribution in [0.4, 0.5) is 35.1 Å². The molecule has 0 saturated carbocycles. The Kier molecular flexibility index (Phi) is 10.8. The lowest BCUT2D eigenvalue weighted by Gasteiger charge is -2.34. The third kappa shape index (κ3) is 8.22. The highest BCUT2D eigenvalue weighted by atomic mass is 28.4. The number of halogens is 8. The Hall–Kier alpha value is -0.423. The van der Waals surface area contributed by atoms with E-state index in [-0.39, 0.29) is 6.61 Å². The van der Waals surface area contributed by atoms with Crippen LogP contribution >= 0.6 is 0 Å². The first-order valence-corrected chi connectivity index (χ1v) is 11.7. The fourth-order valence-electron chi connectivity index (χ4n) is 2.15. The second-order valence-electron chi connectivity index (χ2n) is 6.86. The van der Waals surface area contributed by atoms with Gasteiger partial charge in [0, 0.05) is 6.61 Å². The average molecular weight is 432 g/mol. The van der Waals surface area contributed by atoms with Gasteiger partial charge in [-0.15, -0.1) is 0 Å². The van der Waals surface area contributed by atoms with E-state index in [2.05, 4.69) is 11.3 Å². The maximum absolute atomic E-state index is 13.5. The van der Waals surface area contributed by atoms with E-state index in [4.69, 9.17) is 4.43 Å². The van der Waals surface area contributed by atoms with Crippen molar-refractivity contribution in [3.05, 3.63) is 0 Å². The fourth-order valence-corrected chi connectivity index (χ4v) is 3.40. The molecule has 0 fully saturated rings. The standard InChI is InChI=1S/C16H28F8O2Si/c1-4-5-6-7-8-9-10-11-25-27(2,3)26-12-14(19,20)16(23,24)15(21,22)13(17)18/h13H,4-12H2,1-3H3. The molecule has 2 nitrogen and oxygen atoms in total. The lowest BCUT2D eigenvalue weighted by Crippen LogP contribution is -2.60. The number of hydrogen-bond donors (Lipinski definition) is 0. The predicted molar refractivity (Wildman–Crippen MR) is 88.2 cm³/mol. The smallest absolute Gasteiger partial charge is 0.380 e. The first kappa shape index (κ1) is 26.6. The third-order valence-electron chi connectivity index (χ3n) is 3.95. The molecule has 0 N–H and O–H groups in total. The van der Waals surface area contributed by atoms with E-state index < -0.39 is 39.4 Å². The number of alkyl halides is 8. The van der Waals surface area contributed by atoms with Gasteiger partial charge in [0.1, 0.15) is 6.61 Å². The Labute approximate surface area is 155 Å². The molecular weight excluding hydrogens is 404 g/mol. The summed E-state index contributed by atoms with van der Waals surface area (Å²) in [6.45, 7) is 2.69. The predicted octanol–water partition coefficient (Wildman–Crippen LogP) is 6.64. The second-order valence-corrected chi connectivity index (χ2v) is 10.2. The molecule has 0 aromatic carbocycles. The van der Waals surface area contributed by atoms with Crippen molar-refractivity contribution in [1.29, 1.82) is 0 Å². The van der Waals surface area contributed by atoms with Gasteiger partial charge in [-0.25, -0.2) is 8.78 Å². The largest absolute Gasteiger partial charge is 0.395 e. The van der Waals surface area contributed by atoms with Crippen molar-refractivity contribution in [2.45, 2.75) is 89.2 Å². The van der Waals surface area contributed by atoms with Gasteiger partial charge in [-0.05, 0) is 19.5 Å². The molecule has 0 aliphatic rings. The zero-order valence-corrected chi connectivity index (χ0v) is 16.8. The van der Waals surface area contributed by atoms with Crippen LogP contribution < -0.4 is 0 Å². The summed E-state index contributed by atoms with van der Waals surface area (Å²) in [5.41, 5.74) is 0. The summed E-state index contributed by atoms with van der Waals surface area (Å²) in [7, 11) is -3.31. The minimum atomic E-state index is -6.25. The van der Waals surface area contributed by atoms with E-state index in [1.54, 1.807) is 0 Å². The SMILES string of the molecule is CCCCCCCCCO[Si](C)(C)OCC(F)(F)C(F)(F)C(F)(F)C(F)F. The zero-order chi connectivity index (χ0) is 21.4. The summed E-state index contributed by atoms with van der Waals surface area (Å²) in [5, 5.41) is 0. The Morgan fingerprint density at radius 2 is 1.26 bits per heavy atom. The quantitative estimate of drug-likeness (QED) is 0.164.